The standard InChI is InChI=1S/C29H31FN4O4/c1-29(2,3)38-28(36)31-15-25(35)34-12-11-19-23(16-34)32-22(14-17-9-10-24(37-4)20(30)13-17)27-26(19)18-7-5-6-8-21(18)33-27/h5-10,13,33H,11-12,14-16H2,1-4H3,(H,31,36). The van der Waals surface area contributed by atoms with Crippen molar-refractivity contribution in [3.05, 3.63) is 70.8 Å². The van der Waals surface area contributed by atoms with Crippen LogP contribution in [-0.4, -0.2) is 52.7 Å². The number of hydrogen-bond acceptors (Lipinski definition) is 5. The Morgan fingerprint density at radius 1 is 1.18 bits per heavy atom. The molecule has 0 spiro atoms. The first-order valence-electron chi connectivity index (χ1n) is 12.6. The number of carbonyl (C=O) groups is 2. The molecule has 2 aromatic heterocycles. The first-order valence-corrected chi connectivity index (χ1v) is 12.6. The van der Waals surface area contributed by atoms with Gasteiger partial charge >= 0.3 is 6.09 Å². The third-order valence-electron chi connectivity index (χ3n) is 6.61. The molecule has 1 aliphatic heterocycles. The molecular formula is C29H31FN4O4. The SMILES string of the molecule is COc1ccc(Cc2nc3c(c4c2[nH]c2ccccc24)CCN(C(=O)CNC(=O)OC(C)(C)C)C3)cc1F. The number of amides is 2. The van der Waals surface area contributed by atoms with Gasteiger partial charge in [-0.25, -0.2) is 9.18 Å². The molecule has 0 fully saturated rings. The van der Waals surface area contributed by atoms with Gasteiger partial charge in [-0.05, 0) is 56.5 Å². The number of benzene rings is 2. The molecule has 3 heterocycles. The first-order chi connectivity index (χ1) is 18.1. The van der Waals surface area contributed by atoms with Gasteiger partial charge in [-0.2, -0.15) is 0 Å². The Morgan fingerprint density at radius 3 is 2.71 bits per heavy atom. The van der Waals surface area contributed by atoms with Crippen molar-refractivity contribution in [2.45, 2.75) is 45.8 Å². The lowest BCUT2D eigenvalue weighted by Crippen LogP contribution is -2.44. The average Bonchev–Trinajstić information content (AvgIpc) is 3.26. The maximum Gasteiger partial charge on any atom is 0.408 e. The predicted octanol–water partition coefficient (Wildman–Crippen LogP) is 4.86. The second kappa shape index (κ2) is 9.96. The van der Waals surface area contributed by atoms with E-state index in [4.69, 9.17) is 14.5 Å². The molecule has 0 saturated heterocycles. The van der Waals surface area contributed by atoms with Gasteiger partial charge in [0.25, 0.3) is 0 Å². The number of methoxy groups -OCH3 is 1. The van der Waals surface area contributed by atoms with Gasteiger partial charge in [0.15, 0.2) is 11.6 Å². The Morgan fingerprint density at radius 2 is 1.97 bits per heavy atom. The summed E-state index contributed by atoms with van der Waals surface area (Å²) in [6, 6.07) is 13.0. The maximum atomic E-state index is 14.4. The number of fused-ring (bicyclic) bond motifs is 5. The summed E-state index contributed by atoms with van der Waals surface area (Å²) in [7, 11) is 1.44. The number of aromatic amines is 1. The van der Waals surface area contributed by atoms with E-state index in [1.807, 2.05) is 24.3 Å². The topological polar surface area (TPSA) is 96.5 Å². The molecule has 0 saturated carbocycles. The molecule has 0 bridgehead atoms. The van der Waals surface area contributed by atoms with Gasteiger partial charge in [-0.1, -0.05) is 24.3 Å². The molecule has 4 aromatic rings. The Balaban J connectivity index is 1.46. The smallest absolute Gasteiger partial charge is 0.408 e. The molecule has 8 nitrogen and oxygen atoms in total. The van der Waals surface area contributed by atoms with Crippen molar-refractivity contribution in [2.75, 3.05) is 20.2 Å². The molecule has 9 heteroatoms. The van der Waals surface area contributed by atoms with Crippen LogP contribution in [0.4, 0.5) is 9.18 Å². The number of nitrogens with zero attached hydrogens (tertiary/aromatic N) is 2. The maximum absolute atomic E-state index is 14.4. The lowest BCUT2D eigenvalue weighted by Gasteiger charge is -2.29. The second-order valence-electron chi connectivity index (χ2n) is 10.5. The number of carbonyl (C=O) groups excluding carboxylic acids is 2. The van der Waals surface area contributed by atoms with Crippen LogP contribution >= 0.6 is 0 Å². The van der Waals surface area contributed by atoms with Gasteiger partial charge in [0, 0.05) is 29.3 Å². The fourth-order valence-electron chi connectivity index (χ4n) is 4.94. The van der Waals surface area contributed by atoms with E-state index in [1.54, 1.807) is 31.7 Å². The minimum atomic E-state index is -0.644. The highest BCUT2D eigenvalue weighted by atomic mass is 19.1. The van der Waals surface area contributed by atoms with Gasteiger partial charge < -0.3 is 24.7 Å². The first kappa shape index (κ1) is 25.5. The van der Waals surface area contributed by atoms with E-state index >= 15 is 0 Å². The quantitative estimate of drug-likeness (QED) is 0.393. The lowest BCUT2D eigenvalue weighted by molar-refractivity contribution is -0.131. The monoisotopic (exact) mass is 518 g/mol. The van der Waals surface area contributed by atoms with Crippen LogP contribution in [0, 0.1) is 5.82 Å². The molecule has 38 heavy (non-hydrogen) atoms. The molecule has 5 rings (SSSR count). The number of hydrogen-bond donors (Lipinski definition) is 2. The Kier molecular flexibility index (Phi) is 6.69. The molecule has 1 aliphatic rings. The molecule has 2 amide bonds. The summed E-state index contributed by atoms with van der Waals surface area (Å²) in [5.41, 5.74) is 4.73. The van der Waals surface area contributed by atoms with E-state index < -0.39 is 17.5 Å². The van der Waals surface area contributed by atoms with Gasteiger partial charge in [0.1, 0.15) is 12.1 Å². The molecule has 0 aliphatic carbocycles. The zero-order chi connectivity index (χ0) is 27.0. The minimum Gasteiger partial charge on any atom is -0.494 e. The number of rotatable bonds is 5. The molecule has 0 radical (unpaired) electrons. The second-order valence-corrected chi connectivity index (χ2v) is 10.5. The number of para-hydroxylation sites is 1. The van der Waals surface area contributed by atoms with E-state index in [1.165, 1.54) is 13.2 Å². The number of aromatic nitrogens is 2. The van der Waals surface area contributed by atoms with Crippen molar-refractivity contribution in [3.63, 3.8) is 0 Å². The largest absolute Gasteiger partial charge is 0.494 e. The molecule has 2 N–H and O–H groups in total. The third kappa shape index (κ3) is 5.14. The number of H-pyrrole nitrogens is 1. The van der Waals surface area contributed by atoms with Crippen molar-refractivity contribution >= 4 is 33.8 Å². The van der Waals surface area contributed by atoms with E-state index in [0.717, 1.165) is 44.3 Å². The van der Waals surface area contributed by atoms with Gasteiger partial charge in [-0.3, -0.25) is 9.78 Å². The number of pyridine rings is 1. The van der Waals surface area contributed by atoms with E-state index in [0.29, 0.717) is 25.9 Å². The Hall–Kier alpha value is -4.14. The van der Waals surface area contributed by atoms with Crippen LogP contribution in [0.3, 0.4) is 0 Å². The predicted molar refractivity (Wildman–Crippen MR) is 143 cm³/mol. The van der Waals surface area contributed by atoms with Crippen LogP contribution in [0.1, 0.15) is 43.3 Å². The molecule has 2 aromatic carbocycles. The van der Waals surface area contributed by atoms with E-state index in [-0.39, 0.29) is 18.2 Å². The van der Waals surface area contributed by atoms with Crippen molar-refractivity contribution in [3.8, 4) is 5.75 Å². The lowest BCUT2D eigenvalue weighted by atomic mass is 9.96. The number of alkyl carbamates (subject to hydrolysis) is 1. The molecule has 198 valence electrons. The van der Waals surface area contributed by atoms with E-state index in [9.17, 15) is 14.0 Å². The summed E-state index contributed by atoms with van der Waals surface area (Å²) < 4.78 is 24.7. The normalized spacial score (nSPS) is 13.4. The Bertz CT molecular complexity index is 1540. The minimum absolute atomic E-state index is 0.155. The van der Waals surface area contributed by atoms with Gasteiger partial charge in [0.05, 0.1) is 30.6 Å². The summed E-state index contributed by atoms with van der Waals surface area (Å²) in [5, 5.41) is 4.73. The number of halogens is 1. The highest BCUT2D eigenvalue weighted by Crippen LogP contribution is 2.35. The van der Waals surface area contributed by atoms with Crippen LogP contribution < -0.4 is 10.1 Å². The van der Waals surface area contributed by atoms with Crippen LogP contribution in [0.25, 0.3) is 21.8 Å². The van der Waals surface area contributed by atoms with Crippen molar-refractivity contribution < 1.29 is 23.5 Å². The fourth-order valence-corrected chi connectivity index (χ4v) is 4.94. The van der Waals surface area contributed by atoms with Crippen molar-refractivity contribution in [2.24, 2.45) is 0 Å². The van der Waals surface area contributed by atoms with Crippen molar-refractivity contribution in [1.82, 2.24) is 20.2 Å². The van der Waals surface area contributed by atoms with Crippen LogP contribution in [0.15, 0.2) is 42.5 Å². The summed E-state index contributed by atoms with van der Waals surface area (Å²) in [4.78, 5) is 35.2. The van der Waals surface area contributed by atoms with Gasteiger partial charge in [0.2, 0.25) is 5.91 Å². The van der Waals surface area contributed by atoms with Crippen LogP contribution in [-0.2, 0) is 28.9 Å². The average molecular weight is 519 g/mol. The van der Waals surface area contributed by atoms with Crippen LogP contribution in [0.5, 0.6) is 5.75 Å². The van der Waals surface area contributed by atoms with Gasteiger partial charge in [-0.15, -0.1) is 0 Å². The highest BCUT2D eigenvalue weighted by Gasteiger charge is 2.27. The van der Waals surface area contributed by atoms with Crippen molar-refractivity contribution in [1.29, 1.82) is 0 Å². The number of ether oxygens (including phenoxy) is 2. The zero-order valence-electron chi connectivity index (χ0n) is 22.0. The van der Waals surface area contributed by atoms with Crippen LogP contribution in [0.2, 0.25) is 0 Å². The highest BCUT2D eigenvalue weighted by molar-refractivity contribution is 6.10. The molecular weight excluding hydrogens is 487 g/mol. The summed E-state index contributed by atoms with van der Waals surface area (Å²) in [6.45, 7) is 5.99. The summed E-state index contributed by atoms with van der Waals surface area (Å²) in [6.07, 6.45) is 0.415. The fraction of sp³-hybridized carbons (Fsp3) is 0.345. The molecule has 0 unspecified atom stereocenters. The van der Waals surface area contributed by atoms with E-state index in [2.05, 4.69) is 16.4 Å². The zero-order valence-corrected chi connectivity index (χ0v) is 22.0. The molecule has 0 atom stereocenters. The summed E-state index contributed by atoms with van der Waals surface area (Å²) in [5.74, 6) is -0.441. The number of nitrogens with one attached hydrogen (secondary N) is 2. The summed E-state index contributed by atoms with van der Waals surface area (Å²) >= 11 is 0. The third-order valence-corrected chi connectivity index (χ3v) is 6.61. The Labute approximate surface area is 220 Å².